The standard InChI is InChI=1S/C17H18O4.2C12H10/c18-11-15(19)12-21-17(20)10-14-8-4-5-9-16(14)13-6-2-1-3-7-13;2*1-3-7-11(8-4-1)12-9-5-2-6-10-12/h1-9,15,18-19H,10-12H2;2*1-10H. The largest absolute Gasteiger partial charge is 0.463 e. The van der Waals surface area contributed by atoms with Crippen LogP contribution in [-0.4, -0.2) is 35.5 Å². The number of hydrogen-bond donors (Lipinski definition) is 2. The molecule has 1 unspecified atom stereocenters. The molecule has 0 bridgehead atoms. The first-order chi connectivity index (χ1) is 22.1. The molecule has 2 N–H and O–H groups in total. The van der Waals surface area contributed by atoms with Crippen molar-refractivity contribution in [2.75, 3.05) is 13.2 Å². The number of hydrogen-bond acceptors (Lipinski definition) is 4. The number of esters is 1. The van der Waals surface area contributed by atoms with Crippen LogP contribution >= 0.6 is 0 Å². The molecule has 0 spiro atoms. The molecule has 6 rings (SSSR count). The minimum atomic E-state index is -1.03. The molecule has 4 nitrogen and oxygen atoms in total. The molecule has 0 heterocycles. The van der Waals surface area contributed by atoms with Crippen LogP contribution < -0.4 is 0 Å². The molecule has 0 saturated heterocycles. The van der Waals surface area contributed by atoms with E-state index < -0.39 is 18.7 Å². The molecule has 6 aromatic carbocycles. The van der Waals surface area contributed by atoms with Gasteiger partial charge in [0.1, 0.15) is 12.7 Å². The lowest BCUT2D eigenvalue weighted by Gasteiger charge is -2.11. The van der Waals surface area contributed by atoms with Gasteiger partial charge in [-0.1, -0.05) is 176 Å². The van der Waals surface area contributed by atoms with Gasteiger partial charge in [-0.3, -0.25) is 4.79 Å². The maximum Gasteiger partial charge on any atom is 0.310 e. The van der Waals surface area contributed by atoms with Gasteiger partial charge in [-0.05, 0) is 38.9 Å². The number of rotatable bonds is 8. The van der Waals surface area contributed by atoms with Gasteiger partial charge in [0.15, 0.2) is 0 Å². The van der Waals surface area contributed by atoms with Crippen LogP contribution in [0.25, 0.3) is 33.4 Å². The van der Waals surface area contributed by atoms with E-state index >= 15 is 0 Å². The summed E-state index contributed by atoms with van der Waals surface area (Å²) in [6.45, 7) is -0.614. The van der Waals surface area contributed by atoms with Crippen LogP contribution in [0, 0.1) is 0 Å². The smallest absolute Gasteiger partial charge is 0.310 e. The van der Waals surface area contributed by atoms with Crippen molar-refractivity contribution in [1.82, 2.24) is 0 Å². The molecule has 0 aromatic heterocycles. The van der Waals surface area contributed by atoms with Crippen molar-refractivity contribution in [2.24, 2.45) is 0 Å². The second-order valence-electron chi connectivity index (χ2n) is 10.2. The van der Waals surface area contributed by atoms with Crippen molar-refractivity contribution < 1.29 is 19.7 Å². The van der Waals surface area contributed by atoms with E-state index in [1.54, 1.807) is 0 Å². The summed E-state index contributed by atoms with van der Waals surface area (Å²) >= 11 is 0. The van der Waals surface area contributed by atoms with E-state index in [-0.39, 0.29) is 13.0 Å². The zero-order valence-corrected chi connectivity index (χ0v) is 25.2. The van der Waals surface area contributed by atoms with E-state index in [9.17, 15) is 9.90 Å². The van der Waals surface area contributed by atoms with Crippen LogP contribution in [0.2, 0.25) is 0 Å². The summed E-state index contributed by atoms with van der Waals surface area (Å²) in [4.78, 5) is 11.8. The highest BCUT2D eigenvalue weighted by atomic mass is 16.5. The zero-order valence-electron chi connectivity index (χ0n) is 25.2. The number of carbonyl (C=O) groups excluding carboxylic acids is 1. The normalized spacial score (nSPS) is 10.7. The fraction of sp³-hybridized carbons (Fsp3) is 0.0976. The molecular weight excluding hydrogens is 556 g/mol. The molecule has 1 atom stereocenters. The lowest BCUT2D eigenvalue weighted by molar-refractivity contribution is -0.146. The Bertz CT molecular complexity index is 1510. The van der Waals surface area contributed by atoms with Crippen LogP contribution in [0.1, 0.15) is 5.56 Å². The van der Waals surface area contributed by atoms with Crippen LogP contribution in [0.5, 0.6) is 0 Å². The predicted octanol–water partition coefficient (Wildman–Crippen LogP) is 8.50. The third-order valence-electron chi connectivity index (χ3n) is 6.85. The van der Waals surface area contributed by atoms with Gasteiger partial charge < -0.3 is 14.9 Å². The molecule has 0 aliphatic rings. The van der Waals surface area contributed by atoms with Crippen LogP contribution in [0.15, 0.2) is 176 Å². The molecule has 0 radical (unpaired) electrons. The molecule has 6 aromatic rings. The second-order valence-corrected chi connectivity index (χ2v) is 10.2. The Balaban J connectivity index is 0.000000164. The van der Waals surface area contributed by atoms with Gasteiger partial charge in [-0.25, -0.2) is 0 Å². The van der Waals surface area contributed by atoms with Gasteiger partial charge in [0.25, 0.3) is 0 Å². The van der Waals surface area contributed by atoms with Crippen LogP contribution in [0.4, 0.5) is 0 Å². The SMILES string of the molecule is O=C(Cc1ccccc1-c1ccccc1)OCC(O)CO.c1ccc(-c2ccccc2)cc1.c1ccc(-c2ccccc2)cc1. The van der Waals surface area contributed by atoms with Gasteiger partial charge in [-0.15, -0.1) is 0 Å². The van der Waals surface area contributed by atoms with Crippen molar-refractivity contribution in [1.29, 1.82) is 0 Å². The van der Waals surface area contributed by atoms with Gasteiger partial charge in [0.05, 0.1) is 13.0 Å². The quantitative estimate of drug-likeness (QED) is 0.173. The zero-order chi connectivity index (χ0) is 31.5. The molecule has 0 aliphatic carbocycles. The minimum Gasteiger partial charge on any atom is -0.463 e. The summed E-state index contributed by atoms with van der Waals surface area (Å²) in [7, 11) is 0. The van der Waals surface area contributed by atoms with Crippen molar-refractivity contribution in [2.45, 2.75) is 12.5 Å². The lowest BCUT2D eigenvalue weighted by atomic mass is 9.98. The highest BCUT2D eigenvalue weighted by Crippen LogP contribution is 2.24. The van der Waals surface area contributed by atoms with Gasteiger partial charge in [-0.2, -0.15) is 0 Å². The average Bonchev–Trinajstić information content (AvgIpc) is 3.13. The Morgan fingerprint density at radius 3 is 1.20 bits per heavy atom. The molecule has 0 aliphatic heterocycles. The summed E-state index contributed by atoms with van der Waals surface area (Å²) in [5, 5.41) is 17.9. The number of aliphatic hydroxyl groups is 2. The van der Waals surface area contributed by atoms with Gasteiger partial charge in [0.2, 0.25) is 0 Å². The average molecular weight is 595 g/mol. The van der Waals surface area contributed by atoms with Crippen molar-refractivity contribution >= 4 is 5.97 Å². The van der Waals surface area contributed by atoms with E-state index in [0.29, 0.717) is 0 Å². The van der Waals surface area contributed by atoms with E-state index in [2.05, 4.69) is 97.1 Å². The predicted molar refractivity (Wildman–Crippen MR) is 183 cm³/mol. The highest BCUT2D eigenvalue weighted by Gasteiger charge is 2.12. The van der Waals surface area contributed by atoms with E-state index in [4.69, 9.17) is 9.84 Å². The Morgan fingerprint density at radius 1 is 0.489 bits per heavy atom. The number of aliphatic hydroxyl groups excluding tert-OH is 2. The highest BCUT2D eigenvalue weighted by molar-refractivity contribution is 5.78. The maximum atomic E-state index is 11.8. The van der Waals surface area contributed by atoms with E-state index in [1.165, 1.54) is 22.3 Å². The van der Waals surface area contributed by atoms with Crippen LogP contribution in [0.3, 0.4) is 0 Å². The summed E-state index contributed by atoms with van der Waals surface area (Å²) in [6.07, 6.45) is -0.901. The van der Waals surface area contributed by atoms with Gasteiger partial charge in [0, 0.05) is 0 Å². The van der Waals surface area contributed by atoms with Crippen molar-refractivity contribution in [3.05, 3.63) is 181 Å². The Hall–Kier alpha value is -5.29. The molecule has 226 valence electrons. The Morgan fingerprint density at radius 2 is 0.822 bits per heavy atom. The summed E-state index contributed by atoms with van der Waals surface area (Å²) in [6, 6.07) is 59.0. The third kappa shape index (κ3) is 11.0. The first kappa shape index (κ1) is 32.6. The first-order valence-electron chi connectivity index (χ1n) is 14.9. The topological polar surface area (TPSA) is 66.8 Å². The molecule has 45 heavy (non-hydrogen) atoms. The molecule has 0 fully saturated rings. The number of benzene rings is 6. The lowest BCUT2D eigenvalue weighted by Crippen LogP contribution is -2.22. The summed E-state index contributed by atoms with van der Waals surface area (Å²) < 4.78 is 4.94. The number of ether oxygens (including phenoxy) is 1. The number of carbonyl (C=O) groups is 1. The minimum absolute atomic E-state index is 0.128. The van der Waals surface area contributed by atoms with Crippen molar-refractivity contribution in [3.63, 3.8) is 0 Å². The monoisotopic (exact) mass is 594 g/mol. The molecule has 0 saturated carbocycles. The summed E-state index contributed by atoms with van der Waals surface area (Å²) in [5.74, 6) is -0.425. The fourth-order valence-electron chi connectivity index (χ4n) is 4.54. The maximum absolute atomic E-state index is 11.8. The fourth-order valence-corrected chi connectivity index (χ4v) is 4.54. The first-order valence-corrected chi connectivity index (χ1v) is 14.9. The molecular formula is C41H38O4. The van der Waals surface area contributed by atoms with Gasteiger partial charge >= 0.3 is 5.97 Å². The van der Waals surface area contributed by atoms with E-state index in [1.807, 2.05) is 78.9 Å². The second kappa shape index (κ2) is 18.4. The van der Waals surface area contributed by atoms with Crippen LogP contribution in [-0.2, 0) is 16.0 Å². The third-order valence-corrected chi connectivity index (χ3v) is 6.85. The molecule has 0 amide bonds. The summed E-state index contributed by atoms with van der Waals surface area (Å²) in [5.41, 5.74) is 7.99. The Labute approximate surface area is 265 Å². The Kier molecular flexibility index (Phi) is 13.3. The van der Waals surface area contributed by atoms with Crippen molar-refractivity contribution in [3.8, 4) is 33.4 Å². The van der Waals surface area contributed by atoms with E-state index in [0.717, 1.165) is 16.7 Å². The molecule has 4 heteroatoms.